The molecule has 3 aliphatic rings. The van der Waals surface area contributed by atoms with E-state index in [9.17, 15) is 4.79 Å². The van der Waals surface area contributed by atoms with Gasteiger partial charge in [-0.05, 0) is 53.5 Å². The van der Waals surface area contributed by atoms with Gasteiger partial charge in [-0.2, -0.15) is 0 Å². The predicted octanol–water partition coefficient (Wildman–Crippen LogP) is 11.6. The summed E-state index contributed by atoms with van der Waals surface area (Å²) in [5, 5.41) is 1.93. The molecule has 4 aromatic rings. The van der Waals surface area contributed by atoms with Crippen LogP contribution < -0.4 is 0 Å². The largest absolute Gasteiger partial charge is 0.391 e. The molecule has 0 aliphatic carbocycles. The molecule has 7 rings (SSSR count). The number of ether oxygens (including phenoxy) is 6. The topological polar surface area (TPSA) is 90.9 Å². The lowest BCUT2D eigenvalue weighted by molar-refractivity contribution is -0.278. The molecular formula is C55H72O9Si. The van der Waals surface area contributed by atoms with E-state index < -0.39 is 50.3 Å². The van der Waals surface area contributed by atoms with Gasteiger partial charge in [-0.25, -0.2) is 0 Å². The molecule has 3 fully saturated rings. The SMILES string of the molecule is C=CC(=O)C(C[C@@H]1O[C@@H]2CO[Si](C(C)(C)C)(C(C)(C)C)O[C@H]2C[C@H]1OCc1ccc2ccccc2c1)O[C@H]1C[C@@H](OCc2ccccc2)[C@](C)(CCOCc2ccccc2)O[C@]1(C)C=C. The molecule has 3 aliphatic heterocycles. The van der Waals surface area contributed by atoms with Gasteiger partial charge >= 0.3 is 8.56 Å². The van der Waals surface area contributed by atoms with E-state index in [0.717, 1.165) is 22.1 Å². The van der Waals surface area contributed by atoms with E-state index in [1.54, 1.807) is 6.08 Å². The lowest BCUT2D eigenvalue weighted by Gasteiger charge is -2.56. The van der Waals surface area contributed by atoms with Crippen LogP contribution in [0.15, 0.2) is 128 Å². The maximum absolute atomic E-state index is 14.1. The van der Waals surface area contributed by atoms with Gasteiger partial charge in [0.25, 0.3) is 0 Å². The summed E-state index contributed by atoms with van der Waals surface area (Å²) >= 11 is 0. The van der Waals surface area contributed by atoms with Crippen molar-refractivity contribution >= 4 is 25.1 Å². The monoisotopic (exact) mass is 904 g/mol. The van der Waals surface area contributed by atoms with E-state index in [-0.39, 0.29) is 34.5 Å². The molecule has 0 amide bonds. The molecule has 3 heterocycles. The van der Waals surface area contributed by atoms with Crippen molar-refractivity contribution in [3.05, 3.63) is 145 Å². The molecule has 0 saturated carbocycles. The minimum Gasteiger partial charge on any atom is -0.391 e. The highest BCUT2D eigenvalue weighted by molar-refractivity contribution is 6.73. The molecule has 0 radical (unpaired) electrons. The quantitative estimate of drug-likeness (QED) is 0.0419. The normalized spacial score (nSPS) is 28.6. The molecule has 65 heavy (non-hydrogen) atoms. The van der Waals surface area contributed by atoms with Gasteiger partial charge in [0.05, 0.1) is 62.5 Å². The number of benzene rings is 4. The van der Waals surface area contributed by atoms with Gasteiger partial charge in [0, 0.05) is 42.4 Å². The van der Waals surface area contributed by atoms with Crippen LogP contribution in [0.3, 0.4) is 0 Å². The van der Waals surface area contributed by atoms with Crippen molar-refractivity contribution < 1.29 is 42.1 Å². The van der Waals surface area contributed by atoms with Crippen molar-refractivity contribution in [1.82, 2.24) is 0 Å². The molecule has 3 saturated heterocycles. The maximum atomic E-state index is 14.1. The van der Waals surface area contributed by atoms with E-state index in [2.05, 4.69) is 116 Å². The summed E-state index contributed by atoms with van der Waals surface area (Å²) in [6.45, 7) is 27.6. The van der Waals surface area contributed by atoms with Crippen LogP contribution in [0.2, 0.25) is 10.1 Å². The first-order valence-electron chi connectivity index (χ1n) is 23.4. The van der Waals surface area contributed by atoms with Gasteiger partial charge < -0.3 is 37.3 Å². The van der Waals surface area contributed by atoms with Crippen molar-refractivity contribution in [1.29, 1.82) is 0 Å². The summed E-state index contributed by atoms with van der Waals surface area (Å²) in [5.74, 6) is -0.247. The molecule has 10 heteroatoms. The molecule has 4 aromatic carbocycles. The Hall–Kier alpha value is -3.81. The number of hydrogen-bond donors (Lipinski definition) is 0. The Labute approximate surface area is 389 Å². The Kier molecular flexibility index (Phi) is 15.6. The first-order valence-corrected chi connectivity index (χ1v) is 25.3. The highest BCUT2D eigenvalue weighted by Crippen LogP contribution is 2.55. The van der Waals surface area contributed by atoms with E-state index >= 15 is 0 Å². The van der Waals surface area contributed by atoms with Crippen LogP contribution in [0.5, 0.6) is 0 Å². The Morgan fingerprint density at radius 1 is 0.769 bits per heavy atom. The standard InChI is InChI=1S/C55H72O9Si/c1-11-44(56)45(62-51-34-50(59-36-40-23-17-14-18-24-40)55(10,64-54(51,9)12-2)29-30-57-35-39-21-15-13-16-22-39)32-47-46(58-37-41-27-28-42-25-19-20-26-43(42)31-41)33-48-49(61-47)38-60-65(63-48,52(3,4)5)53(6,7)8/h11-28,31,45-51H,1-2,29-30,32-38H2,3-10H3/t45?,46-,47+,48+,49-,50-,51+,54-,55+/m1/s1. The lowest BCUT2D eigenvalue weighted by atomic mass is 9.80. The second kappa shape index (κ2) is 20.6. The van der Waals surface area contributed by atoms with Gasteiger partial charge in [0.1, 0.15) is 17.8 Å². The maximum Gasteiger partial charge on any atom is 0.349 e. The van der Waals surface area contributed by atoms with Crippen molar-refractivity contribution in [2.75, 3.05) is 13.2 Å². The summed E-state index contributed by atoms with van der Waals surface area (Å²) in [4.78, 5) is 14.1. The zero-order chi connectivity index (χ0) is 46.5. The van der Waals surface area contributed by atoms with Gasteiger partial charge in [-0.1, -0.05) is 151 Å². The number of hydrogen-bond acceptors (Lipinski definition) is 9. The second-order valence-corrected chi connectivity index (χ2v) is 25.4. The zero-order valence-electron chi connectivity index (χ0n) is 40.0. The Morgan fingerprint density at radius 2 is 1.40 bits per heavy atom. The predicted molar refractivity (Wildman–Crippen MR) is 259 cm³/mol. The van der Waals surface area contributed by atoms with Gasteiger partial charge in [-0.3, -0.25) is 4.79 Å². The molecule has 0 aromatic heterocycles. The summed E-state index contributed by atoms with van der Waals surface area (Å²) in [7, 11) is -2.81. The van der Waals surface area contributed by atoms with Crippen LogP contribution >= 0.6 is 0 Å². The highest BCUT2D eigenvalue weighted by Gasteiger charge is 2.63. The van der Waals surface area contributed by atoms with E-state index in [4.69, 9.17) is 37.3 Å². The van der Waals surface area contributed by atoms with Crippen LogP contribution in [0.25, 0.3) is 10.8 Å². The van der Waals surface area contributed by atoms with Crippen LogP contribution in [-0.2, 0) is 61.9 Å². The molecule has 350 valence electrons. The third-order valence-electron chi connectivity index (χ3n) is 13.7. The third kappa shape index (κ3) is 11.3. The van der Waals surface area contributed by atoms with Gasteiger partial charge in [0.2, 0.25) is 0 Å². The number of fused-ring (bicyclic) bond motifs is 2. The minimum absolute atomic E-state index is 0.197. The van der Waals surface area contributed by atoms with Crippen LogP contribution in [0.1, 0.15) is 97.8 Å². The van der Waals surface area contributed by atoms with Crippen LogP contribution in [0.4, 0.5) is 0 Å². The third-order valence-corrected chi connectivity index (χ3v) is 18.9. The minimum atomic E-state index is -2.81. The molecule has 0 N–H and O–H groups in total. The molecule has 1 unspecified atom stereocenters. The first-order chi connectivity index (χ1) is 31.0. The smallest absolute Gasteiger partial charge is 0.349 e. The highest BCUT2D eigenvalue weighted by atomic mass is 28.4. The summed E-state index contributed by atoms with van der Waals surface area (Å²) in [6, 6.07) is 35.0. The number of carbonyl (C=O) groups excluding carboxylic acids is 1. The summed E-state index contributed by atoms with van der Waals surface area (Å²) < 4.78 is 55.0. The van der Waals surface area contributed by atoms with E-state index in [1.807, 2.05) is 55.5 Å². The molecule has 9 nitrogen and oxygen atoms in total. The second-order valence-electron chi connectivity index (χ2n) is 20.6. The fraction of sp³-hybridized carbons (Fsp3) is 0.509. The average Bonchev–Trinajstić information content (AvgIpc) is 3.29. The van der Waals surface area contributed by atoms with Crippen molar-refractivity contribution in [3.63, 3.8) is 0 Å². The van der Waals surface area contributed by atoms with Crippen LogP contribution in [-0.4, -0.2) is 81.5 Å². The van der Waals surface area contributed by atoms with Gasteiger partial charge in [0.15, 0.2) is 5.78 Å². The molecule has 9 atom stereocenters. The van der Waals surface area contributed by atoms with E-state index in [1.165, 1.54) is 11.5 Å². The Morgan fingerprint density at radius 3 is 2.05 bits per heavy atom. The summed E-state index contributed by atoms with van der Waals surface area (Å²) in [5.41, 5.74) is 1.46. The Balaban J connectivity index is 1.13. The average molecular weight is 905 g/mol. The van der Waals surface area contributed by atoms with Crippen molar-refractivity contribution in [2.24, 2.45) is 0 Å². The van der Waals surface area contributed by atoms with Crippen LogP contribution in [0, 0.1) is 0 Å². The van der Waals surface area contributed by atoms with E-state index in [0.29, 0.717) is 52.3 Å². The number of rotatable bonds is 18. The van der Waals surface area contributed by atoms with Crippen molar-refractivity contribution in [3.8, 4) is 0 Å². The summed E-state index contributed by atoms with van der Waals surface area (Å²) in [6.07, 6.45) is 1.49. The van der Waals surface area contributed by atoms with Gasteiger partial charge in [-0.15, -0.1) is 6.58 Å². The lowest BCUT2D eigenvalue weighted by Crippen LogP contribution is -2.67. The first kappa shape index (κ1) is 49.1. The Bertz CT molecular complexity index is 2190. The molecule has 0 spiro atoms. The fourth-order valence-corrected chi connectivity index (χ4v) is 15.2. The molecule has 0 bridgehead atoms. The fourth-order valence-electron chi connectivity index (χ4n) is 10.2. The van der Waals surface area contributed by atoms with Crippen molar-refractivity contribution in [2.45, 2.75) is 165 Å². The zero-order valence-corrected chi connectivity index (χ0v) is 41.0. The number of ketones is 1. The number of carbonyl (C=O) groups is 1. The molecular weight excluding hydrogens is 833 g/mol.